The summed E-state index contributed by atoms with van der Waals surface area (Å²) in [5.74, 6) is -0.279. The molecule has 9 nitrogen and oxygen atoms in total. The summed E-state index contributed by atoms with van der Waals surface area (Å²) < 4.78 is 34.2. The number of rotatable bonds is 6. The Morgan fingerprint density at radius 2 is 1.88 bits per heavy atom. The van der Waals surface area contributed by atoms with E-state index in [4.69, 9.17) is 4.74 Å². The van der Waals surface area contributed by atoms with Gasteiger partial charge in [-0.3, -0.25) is 9.59 Å². The van der Waals surface area contributed by atoms with Gasteiger partial charge in [0, 0.05) is 24.8 Å². The van der Waals surface area contributed by atoms with E-state index in [1.807, 2.05) is 23.8 Å². The van der Waals surface area contributed by atoms with E-state index in [-0.39, 0.29) is 16.5 Å². The van der Waals surface area contributed by atoms with Gasteiger partial charge in [-0.25, -0.2) is 17.8 Å². The number of sulfonamides is 1. The molecule has 1 saturated heterocycles. The zero-order valence-electron chi connectivity index (χ0n) is 17.6. The summed E-state index contributed by atoms with van der Waals surface area (Å²) in [6.45, 7) is 2.52. The maximum atomic E-state index is 12.7. The highest BCUT2D eigenvalue weighted by Gasteiger charge is 2.24. The van der Waals surface area contributed by atoms with Crippen molar-refractivity contribution in [3.05, 3.63) is 66.0 Å². The fraction of sp³-hybridized carbons (Fsp3) is 0.227. The number of benzene rings is 2. The summed E-state index contributed by atoms with van der Waals surface area (Å²) in [6, 6.07) is 12.8. The van der Waals surface area contributed by atoms with Gasteiger partial charge in [0.2, 0.25) is 5.91 Å². The van der Waals surface area contributed by atoms with Crippen molar-refractivity contribution in [3.63, 3.8) is 0 Å². The molecule has 0 spiro atoms. The molecule has 2 heterocycles. The summed E-state index contributed by atoms with van der Waals surface area (Å²) in [6.07, 6.45) is 2.81. The molecular weight excluding hydrogens is 432 g/mol. The van der Waals surface area contributed by atoms with Gasteiger partial charge in [-0.15, -0.1) is 0 Å². The minimum absolute atomic E-state index is 0.00902. The molecule has 2 aromatic carbocycles. The minimum atomic E-state index is -4.11. The molecular formula is C22H22N4O5S. The molecule has 1 aliphatic rings. The number of aromatic nitrogens is 2. The van der Waals surface area contributed by atoms with Gasteiger partial charge in [0.05, 0.1) is 12.0 Å². The van der Waals surface area contributed by atoms with Gasteiger partial charge in [0.25, 0.3) is 15.9 Å². The molecule has 4 rings (SSSR count). The Hall–Kier alpha value is -3.66. The van der Waals surface area contributed by atoms with E-state index in [2.05, 4.69) is 5.10 Å². The molecule has 0 atom stereocenters. The van der Waals surface area contributed by atoms with E-state index in [1.54, 1.807) is 29.3 Å². The lowest BCUT2D eigenvalue weighted by atomic mass is 10.2. The van der Waals surface area contributed by atoms with E-state index >= 15 is 0 Å². The van der Waals surface area contributed by atoms with Crippen molar-refractivity contribution in [2.45, 2.75) is 24.7 Å². The van der Waals surface area contributed by atoms with E-state index in [1.165, 1.54) is 30.0 Å². The summed E-state index contributed by atoms with van der Waals surface area (Å²) in [7, 11) is -2.58. The topological polar surface area (TPSA) is 111 Å². The Bertz CT molecular complexity index is 1280. The summed E-state index contributed by atoms with van der Waals surface area (Å²) in [5.41, 5.74) is 2.17. The van der Waals surface area contributed by atoms with Crippen molar-refractivity contribution < 1.29 is 22.7 Å². The molecule has 10 heteroatoms. The average Bonchev–Trinajstić information content (AvgIpc) is 3.43. The standard InChI is InChI=1S/C22H22N4O5S/c1-15-5-10-20(31-2)19(14-15)26-13-11-18(23-26)22(28)24-32(29,30)17-8-6-16(7-9-17)25-12-3-4-21(25)27/h5-11,13-14H,3-4,12H2,1-2H3,(H,24,28). The second-order valence-electron chi connectivity index (χ2n) is 7.40. The van der Waals surface area contributed by atoms with Crippen LogP contribution in [0.25, 0.3) is 5.69 Å². The Kier molecular flexibility index (Phi) is 5.70. The number of carbonyl (C=O) groups is 2. The van der Waals surface area contributed by atoms with Crippen molar-refractivity contribution in [2.24, 2.45) is 0 Å². The monoisotopic (exact) mass is 454 g/mol. The normalized spacial score (nSPS) is 13.9. The van der Waals surface area contributed by atoms with E-state index in [9.17, 15) is 18.0 Å². The molecule has 0 saturated carbocycles. The van der Waals surface area contributed by atoms with E-state index < -0.39 is 15.9 Å². The first kappa shape index (κ1) is 21.6. The van der Waals surface area contributed by atoms with Gasteiger partial charge < -0.3 is 9.64 Å². The molecule has 1 aliphatic heterocycles. The maximum absolute atomic E-state index is 12.7. The van der Waals surface area contributed by atoms with Gasteiger partial charge in [0.1, 0.15) is 11.4 Å². The van der Waals surface area contributed by atoms with Crippen LogP contribution in [-0.2, 0) is 14.8 Å². The fourth-order valence-corrected chi connectivity index (χ4v) is 4.48. The molecule has 0 aliphatic carbocycles. The predicted octanol–water partition coefficient (Wildman–Crippen LogP) is 2.43. The maximum Gasteiger partial charge on any atom is 0.285 e. The first-order valence-corrected chi connectivity index (χ1v) is 11.4. The first-order valence-electron chi connectivity index (χ1n) is 9.97. The van der Waals surface area contributed by atoms with Crippen LogP contribution in [0.15, 0.2) is 59.6 Å². The van der Waals surface area contributed by atoms with Crippen LogP contribution < -0.4 is 14.4 Å². The van der Waals surface area contributed by atoms with Crippen molar-refractivity contribution in [3.8, 4) is 11.4 Å². The van der Waals surface area contributed by atoms with Crippen LogP contribution in [0.1, 0.15) is 28.9 Å². The molecule has 32 heavy (non-hydrogen) atoms. The Labute approximate surface area is 185 Å². The fourth-order valence-electron chi connectivity index (χ4n) is 3.52. The van der Waals surface area contributed by atoms with Gasteiger partial charge in [-0.05, 0) is 61.4 Å². The Balaban J connectivity index is 1.51. The zero-order chi connectivity index (χ0) is 22.9. The summed E-state index contributed by atoms with van der Waals surface area (Å²) in [4.78, 5) is 26.0. The number of methoxy groups -OCH3 is 1. The highest BCUT2D eigenvalue weighted by Crippen LogP contribution is 2.24. The van der Waals surface area contributed by atoms with Crippen LogP contribution in [0.5, 0.6) is 5.75 Å². The number of amides is 2. The van der Waals surface area contributed by atoms with Gasteiger partial charge in [-0.2, -0.15) is 5.10 Å². The third-order valence-electron chi connectivity index (χ3n) is 5.16. The van der Waals surface area contributed by atoms with Crippen molar-refractivity contribution >= 4 is 27.5 Å². The Morgan fingerprint density at radius 1 is 1.12 bits per heavy atom. The average molecular weight is 455 g/mol. The molecule has 1 fully saturated rings. The number of nitrogens with zero attached hydrogens (tertiary/aromatic N) is 3. The van der Waals surface area contributed by atoms with Crippen LogP contribution in [0.2, 0.25) is 0 Å². The zero-order valence-corrected chi connectivity index (χ0v) is 18.4. The molecule has 3 aromatic rings. The second-order valence-corrected chi connectivity index (χ2v) is 9.08. The second kappa shape index (κ2) is 8.46. The number of carbonyl (C=O) groups excluding carboxylic acids is 2. The minimum Gasteiger partial charge on any atom is -0.494 e. The molecule has 0 radical (unpaired) electrons. The summed E-state index contributed by atoms with van der Waals surface area (Å²) in [5, 5.41) is 4.20. The van der Waals surface area contributed by atoms with Crippen LogP contribution in [0.4, 0.5) is 5.69 Å². The number of nitrogens with one attached hydrogen (secondary N) is 1. The largest absolute Gasteiger partial charge is 0.494 e. The molecule has 0 unspecified atom stereocenters. The van der Waals surface area contributed by atoms with Crippen LogP contribution >= 0.6 is 0 Å². The number of anilines is 1. The van der Waals surface area contributed by atoms with E-state index in [0.717, 1.165) is 12.0 Å². The predicted molar refractivity (Wildman–Crippen MR) is 118 cm³/mol. The Morgan fingerprint density at radius 3 is 2.53 bits per heavy atom. The number of hydrogen-bond acceptors (Lipinski definition) is 6. The molecule has 0 bridgehead atoms. The smallest absolute Gasteiger partial charge is 0.285 e. The quantitative estimate of drug-likeness (QED) is 0.613. The lowest BCUT2D eigenvalue weighted by molar-refractivity contribution is -0.117. The SMILES string of the molecule is COc1ccc(C)cc1-n1ccc(C(=O)NS(=O)(=O)c2ccc(N3CCCC3=O)cc2)n1. The van der Waals surface area contributed by atoms with Gasteiger partial charge >= 0.3 is 0 Å². The third kappa shape index (κ3) is 4.22. The van der Waals surface area contributed by atoms with Crippen molar-refractivity contribution in [2.75, 3.05) is 18.6 Å². The lowest BCUT2D eigenvalue weighted by Crippen LogP contribution is -2.31. The lowest BCUT2D eigenvalue weighted by Gasteiger charge is -2.16. The number of ether oxygens (including phenoxy) is 1. The van der Waals surface area contributed by atoms with Crippen molar-refractivity contribution in [1.29, 1.82) is 0 Å². The van der Waals surface area contributed by atoms with Gasteiger partial charge in [0.15, 0.2) is 5.69 Å². The van der Waals surface area contributed by atoms with Crippen LogP contribution in [0.3, 0.4) is 0 Å². The van der Waals surface area contributed by atoms with Gasteiger partial charge in [-0.1, -0.05) is 6.07 Å². The number of hydrogen-bond donors (Lipinski definition) is 1. The highest BCUT2D eigenvalue weighted by molar-refractivity contribution is 7.90. The molecule has 166 valence electrons. The van der Waals surface area contributed by atoms with Crippen LogP contribution in [0, 0.1) is 6.92 Å². The summed E-state index contributed by atoms with van der Waals surface area (Å²) >= 11 is 0. The number of aryl methyl sites for hydroxylation is 1. The van der Waals surface area contributed by atoms with Crippen LogP contribution in [-0.4, -0.2) is 43.7 Å². The molecule has 2 amide bonds. The molecule has 1 N–H and O–H groups in total. The molecule has 1 aromatic heterocycles. The van der Waals surface area contributed by atoms with Crippen molar-refractivity contribution in [1.82, 2.24) is 14.5 Å². The van der Waals surface area contributed by atoms with E-state index in [0.29, 0.717) is 30.1 Å². The first-order chi connectivity index (χ1) is 15.3. The highest BCUT2D eigenvalue weighted by atomic mass is 32.2. The third-order valence-corrected chi connectivity index (χ3v) is 6.51.